The van der Waals surface area contributed by atoms with Gasteiger partial charge in [-0.25, -0.2) is 0 Å². The standard InChI is InChI=1S/C16H18N2O3/c1-10-8-11(2)18-16(20)14(10)9-17-15(19)7-6-13-5-4-12(3)21-13/h4-8H,9H2,1-3H3,(H,17,19)(H,18,20)/b7-6+. The van der Waals surface area contributed by atoms with E-state index >= 15 is 0 Å². The van der Waals surface area contributed by atoms with E-state index in [4.69, 9.17) is 4.42 Å². The highest BCUT2D eigenvalue weighted by Gasteiger charge is 2.06. The number of rotatable bonds is 4. The van der Waals surface area contributed by atoms with E-state index in [9.17, 15) is 9.59 Å². The molecule has 0 aliphatic heterocycles. The summed E-state index contributed by atoms with van der Waals surface area (Å²) in [5.74, 6) is 1.13. The Morgan fingerprint density at radius 2 is 2.10 bits per heavy atom. The highest BCUT2D eigenvalue weighted by atomic mass is 16.3. The number of hydrogen-bond acceptors (Lipinski definition) is 3. The zero-order valence-corrected chi connectivity index (χ0v) is 12.3. The molecule has 0 atom stereocenters. The van der Waals surface area contributed by atoms with Crippen molar-refractivity contribution in [2.24, 2.45) is 0 Å². The third-order valence-corrected chi connectivity index (χ3v) is 3.09. The molecule has 0 fully saturated rings. The lowest BCUT2D eigenvalue weighted by Gasteiger charge is -2.06. The van der Waals surface area contributed by atoms with Crippen molar-refractivity contribution in [2.75, 3.05) is 0 Å². The van der Waals surface area contributed by atoms with Gasteiger partial charge in [-0.3, -0.25) is 9.59 Å². The van der Waals surface area contributed by atoms with E-state index in [0.717, 1.165) is 17.0 Å². The van der Waals surface area contributed by atoms with Crippen molar-refractivity contribution in [1.82, 2.24) is 10.3 Å². The summed E-state index contributed by atoms with van der Waals surface area (Å²) in [4.78, 5) is 26.3. The molecule has 5 nitrogen and oxygen atoms in total. The van der Waals surface area contributed by atoms with Crippen molar-refractivity contribution >= 4 is 12.0 Å². The second kappa shape index (κ2) is 6.26. The van der Waals surface area contributed by atoms with Crippen LogP contribution in [-0.2, 0) is 11.3 Å². The van der Waals surface area contributed by atoms with Gasteiger partial charge in [0.2, 0.25) is 5.91 Å². The number of aromatic amines is 1. The van der Waals surface area contributed by atoms with Crippen LogP contribution in [0, 0.1) is 20.8 Å². The largest absolute Gasteiger partial charge is 0.462 e. The molecule has 0 aromatic carbocycles. The zero-order chi connectivity index (χ0) is 15.4. The molecule has 0 radical (unpaired) electrons. The summed E-state index contributed by atoms with van der Waals surface area (Å²) in [6, 6.07) is 5.49. The second-order valence-corrected chi connectivity index (χ2v) is 4.94. The van der Waals surface area contributed by atoms with Crippen molar-refractivity contribution in [1.29, 1.82) is 0 Å². The molecule has 0 aliphatic carbocycles. The lowest BCUT2D eigenvalue weighted by atomic mass is 10.1. The molecule has 1 amide bonds. The highest BCUT2D eigenvalue weighted by Crippen LogP contribution is 2.08. The van der Waals surface area contributed by atoms with Crippen molar-refractivity contribution in [2.45, 2.75) is 27.3 Å². The van der Waals surface area contributed by atoms with Crippen molar-refractivity contribution in [3.8, 4) is 0 Å². The van der Waals surface area contributed by atoms with E-state index in [-0.39, 0.29) is 18.0 Å². The van der Waals surface area contributed by atoms with Gasteiger partial charge in [0, 0.05) is 23.9 Å². The number of H-pyrrole nitrogens is 1. The van der Waals surface area contributed by atoms with Gasteiger partial charge in [0.25, 0.3) is 5.56 Å². The van der Waals surface area contributed by atoms with Crippen LogP contribution in [0.25, 0.3) is 6.08 Å². The maximum atomic E-state index is 11.8. The molecular formula is C16H18N2O3. The number of aromatic nitrogens is 1. The van der Waals surface area contributed by atoms with Crippen LogP contribution in [0.4, 0.5) is 0 Å². The predicted molar refractivity (Wildman–Crippen MR) is 80.9 cm³/mol. The summed E-state index contributed by atoms with van der Waals surface area (Å²) < 4.78 is 5.33. The number of furan rings is 1. The van der Waals surface area contributed by atoms with Gasteiger partial charge in [-0.15, -0.1) is 0 Å². The summed E-state index contributed by atoms with van der Waals surface area (Å²) in [6.07, 6.45) is 2.98. The van der Waals surface area contributed by atoms with Gasteiger partial charge < -0.3 is 14.7 Å². The van der Waals surface area contributed by atoms with E-state index in [0.29, 0.717) is 11.3 Å². The molecule has 0 bridgehead atoms. The summed E-state index contributed by atoms with van der Waals surface area (Å²) >= 11 is 0. The van der Waals surface area contributed by atoms with Gasteiger partial charge in [0.15, 0.2) is 0 Å². The van der Waals surface area contributed by atoms with Crippen LogP contribution < -0.4 is 10.9 Å². The minimum absolute atomic E-state index is 0.168. The molecule has 2 aromatic rings. The lowest BCUT2D eigenvalue weighted by molar-refractivity contribution is -0.116. The molecular weight excluding hydrogens is 268 g/mol. The minimum atomic E-state index is -0.275. The Balaban J connectivity index is 1.99. The molecule has 2 rings (SSSR count). The number of carbonyl (C=O) groups excluding carboxylic acids is 1. The molecule has 21 heavy (non-hydrogen) atoms. The van der Waals surface area contributed by atoms with Crippen LogP contribution in [0.15, 0.2) is 33.5 Å². The van der Waals surface area contributed by atoms with Crippen LogP contribution in [-0.4, -0.2) is 10.9 Å². The highest BCUT2D eigenvalue weighted by molar-refractivity contribution is 5.91. The average Bonchev–Trinajstić information content (AvgIpc) is 2.81. The molecule has 2 aromatic heterocycles. The van der Waals surface area contributed by atoms with Gasteiger partial charge in [0.05, 0.1) is 0 Å². The maximum Gasteiger partial charge on any atom is 0.253 e. The van der Waals surface area contributed by atoms with Crippen LogP contribution in [0.2, 0.25) is 0 Å². The van der Waals surface area contributed by atoms with E-state index in [1.54, 1.807) is 12.1 Å². The van der Waals surface area contributed by atoms with E-state index < -0.39 is 0 Å². The van der Waals surface area contributed by atoms with Crippen LogP contribution in [0.1, 0.15) is 28.3 Å². The van der Waals surface area contributed by atoms with Gasteiger partial charge in [-0.2, -0.15) is 0 Å². The molecule has 2 heterocycles. The molecule has 0 unspecified atom stereocenters. The van der Waals surface area contributed by atoms with Crippen molar-refractivity contribution < 1.29 is 9.21 Å². The van der Waals surface area contributed by atoms with Crippen LogP contribution >= 0.6 is 0 Å². The zero-order valence-electron chi connectivity index (χ0n) is 12.3. The van der Waals surface area contributed by atoms with E-state index in [2.05, 4.69) is 10.3 Å². The third kappa shape index (κ3) is 3.95. The predicted octanol–water partition coefficient (Wildman–Crippen LogP) is 2.22. The summed E-state index contributed by atoms with van der Waals surface area (Å²) in [7, 11) is 0. The maximum absolute atomic E-state index is 11.8. The van der Waals surface area contributed by atoms with E-state index in [1.807, 2.05) is 32.9 Å². The number of nitrogens with one attached hydrogen (secondary N) is 2. The lowest BCUT2D eigenvalue weighted by Crippen LogP contribution is -2.26. The topological polar surface area (TPSA) is 75.1 Å². The first-order valence-electron chi connectivity index (χ1n) is 6.67. The summed E-state index contributed by atoms with van der Waals surface area (Å²) in [5.41, 5.74) is 2.07. The fourth-order valence-electron chi connectivity index (χ4n) is 2.04. The quantitative estimate of drug-likeness (QED) is 0.846. The second-order valence-electron chi connectivity index (χ2n) is 4.94. The third-order valence-electron chi connectivity index (χ3n) is 3.09. The Kier molecular flexibility index (Phi) is 4.42. The smallest absolute Gasteiger partial charge is 0.253 e. The summed E-state index contributed by atoms with van der Waals surface area (Å²) in [5, 5.41) is 2.69. The van der Waals surface area contributed by atoms with E-state index in [1.165, 1.54) is 6.08 Å². The fourth-order valence-corrected chi connectivity index (χ4v) is 2.04. The Morgan fingerprint density at radius 1 is 1.33 bits per heavy atom. The Labute approximate surface area is 122 Å². The molecule has 0 saturated heterocycles. The van der Waals surface area contributed by atoms with Crippen molar-refractivity contribution in [3.05, 3.63) is 63.0 Å². The van der Waals surface area contributed by atoms with Crippen molar-refractivity contribution in [3.63, 3.8) is 0 Å². The first-order valence-corrected chi connectivity index (χ1v) is 6.67. The first kappa shape index (κ1) is 14.8. The van der Waals surface area contributed by atoms with Crippen LogP contribution in [0.5, 0.6) is 0 Å². The van der Waals surface area contributed by atoms with Gasteiger partial charge in [-0.05, 0) is 50.6 Å². The Bertz CT molecular complexity index is 738. The number of aryl methyl sites for hydroxylation is 3. The van der Waals surface area contributed by atoms with Gasteiger partial charge in [0.1, 0.15) is 11.5 Å². The molecule has 5 heteroatoms. The number of amides is 1. The van der Waals surface area contributed by atoms with Crippen LogP contribution in [0.3, 0.4) is 0 Å². The van der Waals surface area contributed by atoms with Gasteiger partial charge >= 0.3 is 0 Å². The fraction of sp³-hybridized carbons (Fsp3) is 0.250. The molecule has 0 aliphatic rings. The normalized spacial score (nSPS) is 11.0. The molecule has 110 valence electrons. The monoisotopic (exact) mass is 286 g/mol. The molecule has 0 saturated carbocycles. The number of carbonyl (C=O) groups is 1. The first-order chi connectivity index (χ1) is 9.95. The van der Waals surface area contributed by atoms with Gasteiger partial charge in [-0.1, -0.05) is 0 Å². The average molecular weight is 286 g/mol. The number of hydrogen-bond donors (Lipinski definition) is 2. The molecule has 2 N–H and O–H groups in total. The SMILES string of the molecule is Cc1cc(C)c(CNC(=O)/C=C/c2ccc(C)o2)c(=O)[nH]1. The Morgan fingerprint density at radius 3 is 2.71 bits per heavy atom. The minimum Gasteiger partial charge on any atom is -0.462 e. The molecule has 0 spiro atoms. The Hall–Kier alpha value is -2.56. The summed E-state index contributed by atoms with van der Waals surface area (Å²) in [6.45, 7) is 5.71. The number of pyridine rings is 1.